The van der Waals surface area contributed by atoms with Crippen LogP contribution in [-0.4, -0.2) is 19.2 Å². The summed E-state index contributed by atoms with van der Waals surface area (Å²) in [4.78, 5) is 11.0. The molecular weight excluding hydrogens is 367 g/mol. The predicted molar refractivity (Wildman–Crippen MR) is 99.7 cm³/mol. The molecule has 0 bridgehead atoms. The van der Waals surface area contributed by atoms with E-state index in [2.05, 4.69) is 19.8 Å². The summed E-state index contributed by atoms with van der Waals surface area (Å²) in [5.41, 5.74) is 3.40. The molecule has 0 aliphatic carbocycles. The first-order chi connectivity index (χ1) is 13.1. The second-order valence-electron chi connectivity index (χ2n) is 5.73. The van der Waals surface area contributed by atoms with Gasteiger partial charge in [0.15, 0.2) is 0 Å². The van der Waals surface area contributed by atoms with Gasteiger partial charge in [-0.3, -0.25) is 4.85 Å². The van der Waals surface area contributed by atoms with Crippen LogP contribution in [0.25, 0.3) is 37.7 Å². The van der Waals surface area contributed by atoms with E-state index in [1.54, 1.807) is 28.9 Å². The standard InChI is InChI=1S/C19H10ClFN6/c1-22-11-26-10-14(19(25-26)12-3-5-16(21)15(20)7-12)13-4-6-17-24-8-18(23-2)27(17)9-13/h3-10H,11H2. The molecule has 0 N–H and O–H groups in total. The summed E-state index contributed by atoms with van der Waals surface area (Å²) < 4.78 is 16.8. The molecule has 4 rings (SSSR count). The minimum Gasteiger partial charge on any atom is -0.362 e. The van der Waals surface area contributed by atoms with Crippen LogP contribution in [-0.2, 0) is 6.67 Å². The molecule has 0 unspecified atom stereocenters. The molecule has 0 saturated carbocycles. The molecule has 0 aliphatic heterocycles. The number of aromatic nitrogens is 4. The molecule has 8 heteroatoms. The molecule has 4 aromatic rings. The van der Waals surface area contributed by atoms with Crippen molar-refractivity contribution < 1.29 is 4.39 Å². The van der Waals surface area contributed by atoms with Crippen molar-refractivity contribution >= 4 is 23.1 Å². The predicted octanol–water partition coefficient (Wildman–Crippen LogP) is 5.08. The van der Waals surface area contributed by atoms with Crippen LogP contribution in [0.1, 0.15) is 0 Å². The van der Waals surface area contributed by atoms with Crippen LogP contribution in [0.5, 0.6) is 0 Å². The number of pyridine rings is 1. The molecule has 0 spiro atoms. The van der Waals surface area contributed by atoms with Gasteiger partial charge in [-0.2, -0.15) is 9.78 Å². The van der Waals surface area contributed by atoms with Crippen molar-refractivity contribution in [2.75, 3.05) is 0 Å². The number of fused-ring (bicyclic) bond motifs is 1. The largest absolute Gasteiger partial charge is 0.362 e. The summed E-state index contributed by atoms with van der Waals surface area (Å²) in [7, 11) is 0. The summed E-state index contributed by atoms with van der Waals surface area (Å²) in [6.07, 6.45) is 5.05. The van der Waals surface area contributed by atoms with E-state index in [9.17, 15) is 4.39 Å². The Labute approximate surface area is 158 Å². The second kappa shape index (κ2) is 6.56. The lowest BCUT2D eigenvalue weighted by molar-refractivity contribution is 0.628. The van der Waals surface area contributed by atoms with Gasteiger partial charge in [-0.25, -0.2) is 20.3 Å². The number of hydrogen-bond donors (Lipinski definition) is 0. The van der Waals surface area contributed by atoms with Crippen molar-refractivity contribution in [1.29, 1.82) is 0 Å². The summed E-state index contributed by atoms with van der Waals surface area (Å²) in [6.45, 7) is 14.4. The number of nitrogens with zero attached hydrogens (tertiary/aromatic N) is 6. The lowest BCUT2D eigenvalue weighted by Gasteiger charge is -2.04. The number of imidazole rings is 1. The van der Waals surface area contributed by atoms with Gasteiger partial charge >= 0.3 is 6.67 Å². The Hall–Kier alpha value is -3.68. The Balaban J connectivity index is 1.93. The van der Waals surface area contributed by atoms with Crippen LogP contribution in [0.2, 0.25) is 5.02 Å². The molecule has 6 nitrogen and oxygen atoms in total. The maximum absolute atomic E-state index is 13.6. The van der Waals surface area contributed by atoms with Crippen molar-refractivity contribution in [3.63, 3.8) is 0 Å². The van der Waals surface area contributed by atoms with Crippen LogP contribution in [0.15, 0.2) is 48.9 Å². The van der Waals surface area contributed by atoms with E-state index in [0.717, 1.165) is 11.1 Å². The SMILES string of the molecule is [C-]#[N+]Cn1cc(-c2ccc3ncc([N+]#[C-])n3c2)c(-c2ccc(F)c(Cl)c2)n1. The lowest BCUT2D eigenvalue weighted by Crippen LogP contribution is -1.94. The van der Waals surface area contributed by atoms with Crippen molar-refractivity contribution in [2.45, 2.75) is 6.67 Å². The van der Waals surface area contributed by atoms with Crippen molar-refractivity contribution in [3.8, 4) is 22.4 Å². The molecule has 0 amide bonds. The zero-order valence-corrected chi connectivity index (χ0v) is 14.5. The van der Waals surface area contributed by atoms with E-state index in [4.69, 9.17) is 24.7 Å². The monoisotopic (exact) mass is 376 g/mol. The Kier molecular flexibility index (Phi) is 4.08. The quantitative estimate of drug-likeness (QED) is 0.468. The zero-order valence-electron chi connectivity index (χ0n) is 13.8. The molecule has 0 radical (unpaired) electrons. The molecule has 0 saturated heterocycles. The minimum absolute atomic E-state index is 0.00136. The molecule has 0 aliphatic rings. The first-order valence-corrected chi connectivity index (χ1v) is 8.19. The number of halogens is 2. The maximum Gasteiger partial charge on any atom is 0.307 e. The summed E-state index contributed by atoms with van der Waals surface area (Å²) in [6, 6.07) is 8.05. The fourth-order valence-electron chi connectivity index (χ4n) is 2.84. The third-order valence-electron chi connectivity index (χ3n) is 4.08. The van der Waals surface area contributed by atoms with Gasteiger partial charge in [0.2, 0.25) is 5.65 Å². The van der Waals surface area contributed by atoms with Crippen LogP contribution in [0.3, 0.4) is 0 Å². The van der Waals surface area contributed by atoms with Crippen molar-refractivity contribution in [2.24, 2.45) is 0 Å². The second-order valence-corrected chi connectivity index (χ2v) is 6.14. The summed E-state index contributed by atoms with van der Waals surface area (Å²) in [5.74, 6) is -0.115. The highest BCUT2D eigenvalue weighted by Crippen LogP contribution is 2.33. The Morgan fingerprint density at radius 3 is 2.67 bits per heavy atom. The molecular formula is C19H10ClFN6. The highest BCUT2D eigenvalue weighted by atomic mass is 35.5. The highest BCUT2D eigenvalue weighted by Gasteiger charge is 2.17. The average molecular weight is 377 g/mol. The van der Waals surface area contributed by atoms with Crippen molar-refractivity contribution in [3.05, 3.63) is 82.6 Å². The summed E-state index contributed by atoms with van der Waals surface area (Å²) in [5, 5.41) is 4.46. The summed E-state index contributed by atoms with van der Waals surface area (Å²) >= 11 is 5.93. The molecule has 130 valence electrons. The first-order valence-electron chi connectivity index (χ1n) is 7.82. The van der Waals surface area contributed by atoms with Gasteiger partial charge in [0.1, 0.15) is 11.5 Å². The molecule has 3 aromatic heterocycles. The number of hydrogen-bond acceptors (Lipinski definition) is 2. The van der Waals surface area contributed by atoms with Crippen LogP contribution in [0.4, 0.5) is 10.2 Å². The van der Waals surface area contributed by atoms with Gasteiger partial charge < -0.3 is 4.85 Å². The Morgan fingerprint density at radius 2 is 1.93 bits per heavy atom. The zero-order chi connectivity index (χ0) is 19.0. The average Bonchev–Trinajstić information content (AvgIpc) is 3.27. The lowest BCUT2D eigenvalue weighted by atomic mass is 10.0. The smallest absolute Gasteiger partial charge is 0.307 e. The van der Waals surface area contributed by atoms with Crippen LogP contribution in [0, 0.1) is 19.0 Å². The number of rotatable bonds is 3. The highest BCUT2D eigenvalue weighted by molar-refractivity contribution is 6.31. The maximum atomic E-state index is 13.6. The van der Waals surface area contributed by atoms with Crippen LogP contribution >= 0.6 is 11.6 Å². The topological polar surface area (TPSA) is 43.8 Å². The third-order valence-corrected chi connectivity index (χ3v) is 4.37. The van der Waals surface area contributed by atoms with E-state index in [0.29, 0.717) is 22.7 Å². The Bertz CT molecular complexity index is 1260. The fourth-order valence-corrected chi connectivity index (χ4v) is 3.02. The van der Waals surface area contributed by atoms with E-state index < -0.39 is 5.82 Å². The first kappa shape index (κ1) is 16.8. The number of benzene rings is 1. The molecule has 0 fully saturated rings. The van der Waals surface area contributed by atoms with E-state index in [1.807, 2.05) is 6.07 Å². The minimum atomic E-state index is -0.510. The van der Waals surface area contributed by atoms with Gasteiger partial charge in [0.25, 0.3) is 5.82 Å². The van der Waals surface area contributed by atoms with Gasteiger partial charge in [0, 0.05) is 29.0 Å². The molecule has 0 atom stereocenters. The third kappa shape index (κ3) is 2.91. The fraction of sp³-hybridized carbons (Fsp3) is 0.0526. The molecule has 1 aromatic carbocycles. The van der Waals surface area contributed by atoms with Gasteiger partial charge in [0.05, 0.1) is 17.4 Å². The van der Waals surface area contributed by atoms with Gasteiger partial charge in [-0.15, -0.1) is 0 Å². The van der Waals surface area contributed by atoms with Crippen LogP contribution < -0.4 is 0 Å². The van der Waals surface area contributed by atoms with Gasteiger partial charge in [-0.05, 0) is 24.3 Å². The van der Waals surface area contributed by atoms with E-state index in [1.165, 1.54) is 23.0 Å². The van der Waals surface area contributed by atoms with E-state index >= 15 is 0 Å². The normalized spacial score (nSPS) is 10.7. The van der Waals surface area contributed by atoms with E-state index in [-0.39, 0.29) is 11.7 Å². The molecule has 3 heterocycles. The van der Waals surface area contributed by atoms with Gasteiger partial charge in [-0.1, -0.05) is 18.2 Å². The van der Waals surface area contributed by atoms with Crippen molar-refractivity contribution in [1.82, 2.24) is 19.2 Å². The molecule has 27 heavy (non-hydrogen) atoms. The Morgan fingerprint density at radius 1 is 1.11 bits per heavy atom.